The standard InChI is InChI=1S/C19H31N3O4/c1-13-9-11-22(12-10-13)17(24)14(2)25-16(23)8-6-7-15-20-18(21-26-15)19(3,4)5/h13-14H,6-12H2,1-5H3. The summed E-state index contributed by atoms with van der Waals surface area (Å²) in [5, 5.41) is 3.96. The van der Waals surface area contributed by atoms with E-state index in [0.717, 1.165) is 25.9 Å². The van der Waals surface area contributed by atoms with Gasteiger partial charge in [-0.05, 0) is 32.1 Å². The van der Waals surface area contributed by atoms with E-state index in [1.54, 1.807) is 11.8 Å². The van der Waals surface area contributed by atoms with Crippen LogP contribution in [-0.4, -0.2) is 46.1 Å². The minimum absolute atomic E-state index is 0.100. The van der Waals surface area contributed by atoms with E-state index in [-0.39, 0.29) is 23.7 Å². The molecule has 1 aliphatic heterocycles. The molecule has 2 rings (SSSR count). The Morgan fingerprint density at radius 1 is 1.31 bits per heavy atom. The first-order valence-corrected chi connectivity index (χ1v) is 9.48. The monoisotopic (exact) mass is 365 g/mol. The molecule has 0 aliphatic carbocycles. The molecule has 1 fully saturated rings. The smallest absolute Gasteiger partial charge is 0.306 e. The number of esters is 1. The molecule has 0 spiro atoms. The van der Waals surface area contributed by atoms with Crippen molar-refractivity contribution in [3.05, 3.63) is 11.7 Å². The Morgan fingerprint density at radius 3 is 2.54 bits per heavy atom. The van der Waals surface area contributed by atoms with Crippen molar-refractivity contribution in [1.82, 2.24) is 15.0 Å². The van der Waals surface area contributed by atoms with E-state index in [0.29, 0.717) is 30.5 Å². The Morgan fingerprint density at radius 2 is 1.96 bits per heavy atom. The van der Waals surface area contributed by atoms with Gasteiger partial charge in [0.15, 0.2) is 11.9 Å². The highest BCUT2D eigenvalue weighted by atomic mass is 16.5. The Kier molecular flexibility index (Phi) is 6.78. The number of aromatic nitrogens is 2. The molecule has 1 aromatic heterocycles. The van der Waals surface area contributed by atoms with Crippen LogP contribution in [0.1, 0.15) is 72.0 Å². The van der Waals surface area contributed by atoms with Crippen LogP contribution in [-0.2, 0) is 26.2 Å². The van der Waals surface area contributed by atoms with Gasteiger partial charge in [0.2, 0.25) is 5.89 Å². The van der Waals surface area contributed by atoms with Crippen molar-refractivity contribution < 1.29 is 18.8 Å². The van der Waals surface area contributed by atoms with Crippen LogP contribution in [0.3, 0.4) is 0 Å². The minimum atomic E-state index is -0.730. The first-order valence-electron chi connectivity index (χ1n) is 9.48. The Balaban J connectivity index is 1.71. The van der Waals surface area contributed by atoms with Gasteiger partial charge in [-0.25, -0.2) is 0 Å². The molecule has 1 atom stereocenters. The molecule has 146 valence electrons. The molecule has 26 heavy (non-hydrogen) atoms. The molecule has 0 radical (unpaired) electrons. The van der Waals surface area contributed by atoms with E-state index in [9.17, 15) is 9.59 Å². The lowest BCUT2D eigenvalue weighted by Gasteiger charge is -2.31. The van der Waals surface area contributed by atoms with E-state index < -0.39 is 6.10 Å². The second kappa shape index (κ2) is 8.64. The lowest BCUT2D eigenvalue weighted by Crippen LogP contribution is -2.44. The van der Waals surface area contributed by atoms with E-state index in [4.69, 9.17) is 9.26 Å². The quantitative estimate of drug-likeness (QED) is 0.721. The molecular formula is C19H31N3O4. The third-order valence-corrected chi connectivity index (χ3v) is 4.66. The molecule has 1 aromatic rings. The number of amides is 1. The molecule has 1 aliphatic rings. The number of hydrogen-bond acceptors (Lipinski definition) is 6. The molecular weight excluding hydrogens is 334 g/mol. The van der Waals surface area contributed by atoms with Gasteiger partial charge in [-0.2, -0.15) is 4.98 Å². The zero-order valence-corrected chi connectivity index (χ0v) is 16.6. The van der Waals surface area contributed by atoms with E-state index >= 15 is 0 Å². The van der Waals surface area contributed by atoms with Crippen LogP contribution in [0.5, 0.6) is 0 Å². The fraction of sp³-hybridized carbons (Fsp3) is 0.789. The zero-order chi connectivity index (χ0) is 19.3. The van der Waals surface area contributed by atoms with Crippen LogP contribution < -0.4 is 0 Å². The molecule has 7 heteroatoms. The number of rotatable bonds is 6. The van der Waals surface area contributed by atoms with Crippen molar-refractivity contribution in [2.45, 2.75) is 78.2 Å². The maximum Gasteiger partial charge on any atom is 0.306 e. The Bertz CT molecular complexity index is 613. The summed E-state index contributed by atoms with van der Waals surface area (Å²) < 4.78 is 10.5. The lowest BCUT2D eigenvalue weighted by atomic mass is 9.96. The van der Waals surface area contributed by atoms with E-state index in [1.807, 2.05) is 20.8 Å². The predicted octanol–water partition coefficient (Wildman–Crippen LogP) is 2.88. The van der Waals surface area contributed by atoms with E-state index in [2.05, 4.69) is 17.1 Å². The number of carbonyl (C=O) groups excluding carboxylic acids is 2. The number of carbonyl (C=O) groups is 2. The summed E-state index contributed by atoms with van der Waals surface area (Å²) >= 11 is 0. The number of piperidine rings is 1. The van der Waals surface area contributed by atoms with Crippen LogP contribution in [0, 0.1) is 5.92 Å². The van der Waals surface area contributed by atoms with Crippen LogP contribution in [0.4, 0.5) is 0 Å². The summed E-state index contributed by atoms with van der Waals surface area (Å²) in [5.74, 6) is 1.36. The first kappa shape index (κ1) is 20.4. The van der Waals surface area contributed by atoms with Crippen LogP contribution in [0.15, 0.2) is 4.52 Å². The summed E-state index contributed by atoms with van der Waals surface area (Å²) in [5.41, 5.74) is -0.164. The van der Waals surface area contributed by atoms with Crippen molar-refractivity contribution in [1.29, 1.82) is 0 Å². The van der Waals surface area contributed by atoms with Crippen molar-refractivity contribution >= 4 is 11.9 Å². The van der Waals surface area contributed by atoms with Gasteiger partial charge in [-0.3, -0.25) is 9.59 Å². The van der Waals surface area contributed by atoms with Crippen molar-refractivity contribution in [2.24, 2.45) is 5.92 Å². The van der Waals surface area contributed by atoms with Gasteiger partial charge in [0.25, 0.3) is 5.91 Å². The van der Waals surface area contributed by atoms with Gasteiger partial charge in [0, 0.05) is 31.3 Å². The molecule has 0 N–H and O–H groups in total. The first-order chi connectivity index (χ1) is 12.2. The highest BCUT2D eigenvalue weighted by molar-refractivity contribution is 5.83. The maximum absolute atomic E-state index is 12.3. The number of hydrogen-bond donors (Lipinski definition) is 0. The summed E-state index contributed by atoms with van der Waals surface area (Å²) in [6.45, 7) is 11.4. The van der Waals surface area contributed by atoms with Crippen LogP contribution in [0.2, 0.25) is 0 Å². The summed E-state index contributed by atoms with van der Waals surface area (Å²) in [4.78, 5) is 30.5. The van der Waals surface area contributed by atoms with Gasteiger partial charge in [-0.15, -0.1) is 0 Å². The maximum atomic E-state index is 12.3. The van der Waals surface area contributed by atoms with Gasteiger partial charge in [0.1, 0.15) is 0 Å². The summed E-state index contributed by atoms with van der Waals surface area (Å²) in [6.07, 6.45) is 2.58. The molecule has 0 bridgehead atoms. The Hall–Kier alpha value is -1.92. The van der Waals surface area contributed by atoms with Gasteiger partial charge < -0.3 is 14.2 Å². The minimum Gasteiger partial charge on any atom is -0.453 e. The molecule has 7 nitrogen and oxygen atoms in total. The fourth-order valence-corrected chi connectivity index (χ4v) is 2.84. The van der Waals surface area contributed by atoms with Gasteiger partial charge in [-0.1, -0.05) is 32.9 Å². The SMILES string of the molecule is CC1CCN(C(=O)C(C)OC(=O)CCCc2nc(C(C)(C)C)no2)CC1. The average Bonchev–Trinajstić information content (AvgIpc) is 3.04. The number of aryl methyl sites for hydroxylation is 1. The summed E-state index contributed by atoms with van der Waals surface area (Å²) in [6, 6.07) is 0. The topological polar surface area (TPSA) is 85.5 Å². The molecule has 0 saturated carbocycles. The average molecular weight is 365 g/mol. The van der Waals surface area contributed by atoms with Crippen molar-refractivity contribution in [2.75, 3.05) is 13.1 Å². The number of ether oxygens (including phenoxy) is 1. The Labute approximate surface area is 155 Å². The third-order valence-electron chi connectivity index (χ3n) is 4.66. The highest BCUT2D eigenvalue weighted by Gasteiger charge is 2.26. The number of likely N-dealkylation sites (tertiary alicyclic amines) is 1. The molecule has 2 heterocycles. The van der Waals surface area contributed by atoms with Gasteiger partial charge in [0.05, 0.1) is 0 Å². The van der Waals surface area contributed by atoms with Crippen molar-refractivity contribution in [3.63, 3.8) is 0 Å². The highest BCUT2D eigenvalue weighted by Crippen LogP contribution is 2.19. The molecule has 1 unspecified atom stereocenters. The molecule has 1 saturated heterocycles. The fourth-order valence-electron chi connectivity index (χ4n) is 2.84. The molecule has 1 amide bonds. The second-order valence-electron chi connectivity index (χ2n) is 8.26. The van der Waals surface area contributed by atoms with Crippen LogP contribution >= 0.6 is 0 Å². The lowest BCUT2D eigenvalue weighted by molar-refractivity contribution is -0.159. The predicted molar refractivity (Wildman–Crippen MR) is 96.5 cm³/mol. The number of nitrogens with zero attached hydrogens (tertiary/aromatic N) is 3. The second-order valence-corrected chi connectivity index (χ2v) is 8.26. The largest absolute Gasteiger partial charge is 0.453 e. The third kappa shape index (κ3) is 5.81. The van der Waals surface area contributed by atoms with Gasteiger partial charge >= 0.3 is 5.97 Å². The molecule has 0 aromatic carbocycles. The summed E-state index contributed by atoms with van der Waals surface area (Å²) in [7, 11) is 0. The van der Waals surface area contributed by atoms with Crippen LogP contribution in [0.25, 0.3) is 0 Å². The normalized spacial score (nSPS) is 17.2. The van der Waals surface area contributed by atoms with E-state index in [1.165, 1.54) is 0 Å². The zero-order valence-electron chi connectivity index (χ0n) is 16.6. The van der Waals surface area contributed by atoms with Crippen molar-refractivity contribution in [3.8, 4) is 0 Å².